The molecule has 0 rings (SSSR count). The summed E-state index contributed by atoms with van der Waals surface area (Å²) in [6.07, 6.45) is 1.67. The quantitative estimate of drug-likeness (QED) is 0.159. The zero-order chi connectivity index (χ0) is 21.0. The summed E-state index contributed by atoms with van der Waals surface area (Å²) >= 11 is 1.51. The average molecular weight is 407 g/mol. The van der Waals surface area contributed by atoms with Crippen LogP contribution >= 0.6 is 11.8 Å². The second kappa shape index (κ2) is 12.9. The third-order valence-corrected chi connectivity index (χ3v) is 3.89. The van der Waals surface area contributed by atoms with Crippen molar-refractivity contribution in [2.24, 2.45) is 11.5 Å². The Morgan fingerprint density at radius 1 is 1.07 bits per heavy atom. The maximum Gasteiger partial charge on any atom is 0.328 e. The number of thioether (sulfide) groups is 1. The number of rotatable bonds is 13. The number of carbonyl (C=O) groups excluding carboxylic acids is 4. The van der Waals surface area contributed by atoms with E-state index in [2.05, 4.69) is 10.6 Å². The molecule has 0 radical (unpaired) electrons. The smallest absolute Gasteiger partial charge is 0.328 e. The lowest BCUT2D eigenvalue weighted by atomic mass is 10.1. The number of aliphatic hydroxyl groups is 1. The van der Waals surface area contributed by atoms with Crippen molar-refractivity contribution in [2.45, 2.75) is 31.0 Å². The summed E-state index contributed by atoms with van der Waals surface area (Å²) in [6.45, 7) is -1.39. The minimum absolute atomic E-state index is 0.416. The standard InChI is InChI=1S/C14H25N5O7S/c1-27-3-2-7(15)12(23)17-5-11(22)18-8(4-10(16)21)13(24)19-9(6-20)14(25)26/h7-9,20H,2-6,15H2,1H3,(H2,16,21)(H,17,23)(H,18,22)(H,19,24)(H,25,26). The minimum Gasteiger partial charge on any atom is -0.480 e. The fourth-order valence-electron chi connectivity index (χ4n) is 1.79. The van der Waals surface area contributed by atoms with Crippen LogP contribution in [0.15, 0.2) is 0 Å². The Balaban J connectivity index is 4.72. The van der Waals surface area contributed by atoms with E-state index < -0.39 is 67.3 Å². The highest BCUT2D eigenvalue weighted by molar-refractivity contribution is 7.98. The van der Waals surface area contributed by atoms with Crippen LogP contribution in [0.1, 0.15) is 12.8 Å². The van der Waals surface area contributed by atoms with Crippen molar-refractivity contribution in [1.82, 2.24) is 16.0 Å². The molecule has 0 heterocycles. The van der Waals surface area contributed by atoms with Crippen molar-refractivity contribution in [3.05, 3.63) is 0 Å². The SMILES string of the molecule is CSCCC(N)C(=O)NCC(=O)NC(CC(N)=O)C(=O)NC(CO)C(=O)O. The maximum absolute atomic E-state index is 12.0. The Hall–Kier alpha value is -2.38. The van der Waals surface area contributed by atoms with Gasteiger partial charge >= 0.3 is 5.97 Å². The van der Waals surface area contributed by atoms with Gasteiger partial charge < -0.3 is 37.6 Å². The second-order valence-electron chi connectivity index (χ2n) is 5.48. The fourth-order valence-corrected chi connectivity index (χ4v) is 2.28. The minimum atomic E-state index is -1.61. The van der Waals surface area contributed by atoms with Gasteiger partial charge in [-0.15, -0.1) is 0 Å². The van der Waals surface area contributed by atoms with E-state index in [1.165, 1.54) is 11.8 Å². The summed E-state index contributed by atoms with van der Waals surface area (Å²) in [4.78, 5) is 57.6. The highest BCUT2D eigenvalue weighted by Crippen LogP contribution is 1.98. The van der Waals surface area contributed by atoms with Gasteiger partial charge in [0.25, 0.3) is 0 Å². The van der Waals surface area contributed by atoms with Crippen LogP contribution in [0.2, 0.25) is 0 Å². The Morgan fingerprint density at radius 2 is 1.70 bits per heavy atom. The van der Waals surface area contributed by atoms with Crippen molar-refractivity contribution in [1.29, 1.82) is 0 Å². The molecule has 0 aliphatic heterocycles. The van der Waals surface area contributed by atoms with Crippen LogP contribution in [-0.2, 0) is 24.0 Å². The predicted molar refractivity (Wildman–Crippen MR) is 96.4 cm³/mol. The maximum atomic E-state index is 12.0. The molecule has 0 aromatic carbocycles. The molecule has 0 fully saturated rings. The molecule has 0 aromatic heterocycles. The zero-order valence-corrected chi connectivity index (χ0v) is 15.6. The molecular weight excluding hydrogens is 382 g/mol. The van der Waals surface area contributed by atoms with Gasteiger partial charge in [-0.05, 0) is 18.4 Å². The van der Waals surface area contributed by atoms with Gasteiger partial charge in [0, 0.05) is 0 Å². The zero-order valence-electron chi connectivity index (χ0n) is 14.8. The summed E-state index contributed by atoms with van der Waals surface area (Å²) in [5.74, 6) is -4.14. The van der Waals surface area contributed by atoms with Crippen LogP contribution in [0, 0.1) is 0 Å². The van der Waals surface area contributed by atoms with Crippen LogP contribution in [0.4, 0.5) is 0 Å². The summed E-state index contributed by atoms with van der Waals surface area (Å²) in [7, 11) is 0. The first kappa shape index (κ1) is 24.6. The first-order chi connectivity index (χ1) is 12.6. The molecule has 12 nitrogen and oxygen atoms in total. The van der Waals surface area contributed by atoms with Crippen LogP contribution in [0.25, 0.3) is 0 Å². The number of hydrogen-bond donors (Lipinski definition) is 7. The summed E-state index contributed by atoms with van der Waals surface area (Å²) in [5, 5.41) is 24.1. The molecule has 27 heavy (non-hydrogen) atoms. The van der Waals surface area contributed by atoms with E-state index in [1.54, 1.807) is 0 Å². The van der Waals surface area contributed by atoms with E-state index in [0.717, 1.165) is 0 Å². The molecular formula is C14H25N5O7S. The van der Waals surface area contributed by atoms with E-state index in [4.69, 9.17) is 21.7 Å². The summed E-state index contributed by atoms with van der Waals surface area (Å²) < 4.78 is 0. The first-order valence-corrected chi connectivity index (χ1v) is 9.25. The molecule has 154 valence electrons. The van der Waals surface area contributed by atoms with Crippen molar-refractivity contribution in [3.63, 3.8) is 0 Å². The number of aliphatic hydroxyl groups excluding tert-OH is 1. The van der Waals surface area contributed by atoms with Gasteiger partial charge in [0.1, 0.15) is 12.1 Å². The van der Waals surface area contributed by atoms with Gasteiger partial charge in [0.15, 0.2) is 0 Å². The monoisotopic (exact) mass is 407 g/mol. The number of primary amides is 1. The molecule has 0 aliphatic carbocycles. The largest absolute Gasteiger partial charge is 0.480 e. The fraction of sp³-hybridized carbons (Fsp3) is 0.643. The molecule has 0 spiro atoms. The van der Waals surface area contributed by atoms with Crippen LogP contribution in [-0.4, -0.2) is 83.1 Å². The normalized spacial score (nSPS) is 13.7. The third kappa shape index (κ3) is 10.4. The van der Waals surface area contributed by atoms with E-state index in [9.17, 15) is 24.0 Å². The highest BCUT2D eigenvalue weighted by Gasteiger charge is 2.27. The molecule has 0 aromatic rings. The van der Waals surface area contributed by atoms with Gasteiger partial charge in [0.05, 0.1) is 25.6 Å². The van der Waals surface area contributed by atoms with Gasteiger partial charge in [-0.1, -0.05) is 0 Å². The number of carbonyl (C=O) groups is 5. The lowest BCUT2D eigenvalue weighted by molar-refractivity contribution is -0.143. The number of amides is 4. The highest BCUT2D eigenvalue weighted by atomic mass is 32.2. The number of aliphatic carboxylic acids is 1. The number of nitrogens with one attached hydrogen (secondary N) is 3. The van der Waals surface area contributed by atoms with Crippen molar-refractivity contribution in [2.75, 3.05) is 25.2 Å². The van der Waals surface area contributed by atoms with Crippen LogP contribution in [0.3, 0.4) is 0 Å². The first-order valence-electron chi connectivity index (χ1n) is 7.86. The Kier molecular flexibility index (Phi) is 11.8. The third-order valence-electron chi connectivity index (χ3n) is 3.25. The van der Waals surface area contributed by atoms with Gasteiger partial charge in [0.2, 0.25) is 23.6 Å². The Labute approximate surface area is 159 Å². The molecule has 3 unspecified atom stereocenters. The number of carboxylic acid groups (broad SMARTS) is 1. The topological polar surface area (TPSA) is 214 Å². The van der Waals surface area contributed by atoms with Crippen LogP contribution in [0.5, 0.6) is 0 Å². The molecule has 0 saturated carbocycles. The molecule has 0 saturated heterocycles. The van der Waals surface area contributed by atoms with Gasteiger partial charge in [-0.25, -0.2) is 4.79 Å². The van der Waals surface area contributed by atoms with E-state index in [-0.39, 0.29) is 0 Å². The van der Waals surface area contributed by atoms with Crippen molar-refractivity contribution >= 4 is 41.4 Å². The molecule has 9 N–H and O–H groups in total. The Bertz CT molecular complexity index is 560. The molecule has 0 aliphatic rings. The molecule has 0 bridgehead atoms. The average Bonchev–Trinajstić information content (AvgIpc) is 2.60. The predicted octanol–water partition coefficient (Wildman–Crippen LogP) is -3.90. The van der Waals surface area contributed by atoms with Gasteiger partial charge in [-0.2, -0.15) is 11.8 Å². The number of nitrogens with two attached hydrogens (primary N) is 2. The van der Waals surface area contributed by atoms with Gasteiger partial charge in [-0.3, -0.25) is 19.2 Å². The Morgan fingerprint density at radius 3 is 2.19 bits per heavy atom. The van der Waals surface area contributed by atoms with Crippen LogP contribution < -0.4 is 27.4 Å². The second-order valence-corrected chi connectivity index (χ2v) is 6.46. The van der Waals surface area contributed by atoms with Crippen molar-refractivity contribution in [3.8, 4) is 0 Å². The summed E-state index contributed by atoms with van der Waals surface area (Å²) in [5.41, 5.74) is 10.7. The summed E-state index contributed by atoms with van der Waals surface area (Å²) in [6, 6.07) is -3.87. The molecule has 13 heteroatoms. The lowest BCUT2D eigenvalue weighted by Crippen LogP contribution is -2.55. The number of hydrogen-bond acceptors (Lipinski definition) is 8. The van der Waals surface area contributed by atoms with E-state index in [0.29, 0.717) is 12.2 Å². The molecule has 3 atom stereocenters. The van der Waals surface area contributed by atoms with E-state index in [1.807, 2.05) is 11.6 Å². The lowest BCUT2D eigenvalue weighted by Gasteiger charge is -2.20. The van der Waals surface area contributed by atoms with Crippen molar-refractivity contribution < 1.29 is 34.2 Å². The van der Waals surface area contributed by atoms with E-state index >= 15 is 0 Å². The molecule has 4 amide bonds. The number of carboxylic acids is 1.